The molecule has 0 bridgehead atoms. The minimum absolute atomic E-state index is 0. The van der Waals surface area contributed by atoms with Crippen molar-refractivity contribution in [3.63, 3.8) is 0 Å². The molecule has 0 aromatic carbocycles. The number of aromatic nitrogens is 4. The number of anilines is 3. The van der Waals surface area contributed by atoms with Crippen LogP contribution >= 0.6 is 0 Å². The van der Waals surface area contributed by atoms with Crippen LogP contribution in [0.1, 0.15) is 131 Å². The molecule has 4 aliphatic rings. The molecule has 10 nitrogen and oxygen atoms in total. The Balaban J connectivity index is 0.000000800. The van der Waals surface area contributed by atoms with Crippen molar-refractivity contribution < 1.29 is 4.79 Å². The summed E-state index contributed by atoms with van der Waals surface area (Å²) in [6.07, 6.45) is 13.6. The van der Waals surface area contributed by atoms with E-state index in [1.54, 1.807) is 19.0 Å². The van der Waals surface area contributed by atoms with Crippen LogP contribution in [0.15, 0.2) is 30.6 Å². The van der Waals surface area contributed by atoms with Crippen molar-refractivity contribution >= 4 is 34.4 Å². The number of rotatable bonds is 7. The summed E-state index contributed by atoms with van der Waals surface area (Å²) in [4.78, 5) is 33.8. The van der Waals surface area contributed by atoms with Gasteiger partial charge in [-0.2, -0.15) is 4.98 Å². The predicted molar refractivity (Wildman–Crippen MR) is 214 cm³/mol. The Labute approximate surface area is 304 Å². The average Bonchev–Trinajstić information content (AvgIpc) is 3.77. The third-order valence-corrected chi connectivity index (χ3v) is 9.59. The highest BCUT2D eigenvalue weighted by Gasteiger charge is 2.48. The SMILES string of the molecule is C.CC.CC.CC.CCC.CN(C)C(=O)c1cc2cnc(Nc3ccc(N4CCN(CC5CC6(CCN6)C5)CC4)cn3)nc2n1C1CCCC1. The van der Waals surface area contributed by atoms with E-state index in [0.29, 0.717) is 29.0 Å². The molecular weight excluding hydrogens is 623 g/mol. The van der Waals surface area contributed by atoms with E-state index in [0.717, 1.165) is 61.7 Å². The van der Waals surface area contributed by atoms with E-state index < -0.39 is 0 Å². The van der Waals surface area contributed by atoms with Crippen LogP contribution in [0.2, 0.25) is 0 Å². The number of pyridine rings is 1. The number of amides is 1. The zero-order chi connectivity index (χ0) is 36.0. The molecule has 0 atom stereocenters. The van der Waals surface area contributed by atoms with Crippen molar-refractivity contribution in [1.82, 2.24) is 34.6 Å². The maximum absolute atomic E-state index is 13.0. The van der Waals surface area contributed by atoms with E-state index in [1.807, 2.05) is 66.1 Å². The number of piperazine rings is 1. The van der Waals surface area contributed by atoms with E-state index in [1.165, 1.54) is 51.6 Å². The minimum atomic E-state index is -0.000100. The van der Waals surface area contributed by atoms with Crippen LogP contribution in [0.25, 0.3) is 11.0 Å². The molecule has 5 heterocycles. The Bertz CT molecular complexity index is 1380. The highest BCUT2D eigenvalue weighted by atomic mass is 16.2. The Morgan fingerprint density at radius 1 is 0.960 bits per heavy atom. The first kappa shape index (κ1) is 42.9. The molecule has 2 N–H and O–H groups in total. The van der Waals surface area contributed by atoms with Crippen LogP contribution < -0.4 is 15.5 Å². The number of fused-ring (bicyclic) bond motifs is 1. The lowest BCUT2D eigenvalue weighted by Gasteiger charge is -2.56. The molecule has 1 amide bonds. The number of nitrogens with one attached hydrogen (secondary N) is 2. The van der Waals surface area contributed by atoms with Crippen LogP contribution in [-0.2, 0) is 0 Å². The molecule has 2 aliphatic heterocycles. The van der Waals surface area contributed by atoms with Crippen molar-refractivity contribution in [2.75, 3.05) is 63.6 Å². The third kappa shape index (κ3) is 10.4. The molecule has 10 heteroatoms. The number of hydrogen-bond acceptors (Lipinski definition) is 8. The average molecular weight is 694 g/mol. The van der Waals surface area contributed by atoms with E-state index >= 15 is 0 Å². The monoisotopic (exact) mass is 694 g/mol. The molecule has 282 valence electrons. The number of carbonyl (C=O) groups is 1. The second kappa shape index (κ2) is 21.2. The highest BCUT2D eigenvalue weighted by Crippen LogP contribution is 2.44. The third-order valence-electron chi connectivity index (χ3n) is 9.59. The predicted octanol–water partition coefficient (Wildman–Crippen LogP) is 8.78. The molecule has 2 saturated carbocycles. The topological polar surface area (TPSA) is 94.5 Å². The molecule has 7 rings (SSSR count). The summed E-state index contributed by atoms with van der Waals surface area (Å²) in [5.41, 5.74) is 3.18. The number of carbonyl (C=O) groups excluding carboxylic acids is 1. The van der Waals surface area contributed by atoms with Gasteiger partial charge in [0, 0.05) is 70.0 Å². The van der Waals surface area contributed by atoms with E-state index in [4.69, 9.17) is 4.98 Å². The number of hydrogen-bond donors (Lipinski definition) is 2. The van der Waals surface area contributed by atoms with Crippen LogP contribution in [0, 0.1) is 5.92 Å². The zero-order valence-electron chi connectivity index (χ0n) is 32.5. The second-order valence-electron chi connectivity index (χ2n) is 13.3. The van der Waals surface area contributed by atoms with Gasteiger partial charge >= 0.3 is 0 Å². The lowest BCUT2D eigenvalue weighted by atomic mass is 9.63. The Hall–Kier alpha value is -3.24. The fraction of sp³-hybridized carbons (Fsp3) is 0.700. The van der Waals surface area contributed by atoms with Crippen molar-refractivity contribution in [3.8, 4) is 0 Å². The first-order valence-corrected chi connectivity index (χ1v) is 19.4. The highest BCUT2D eigenvalue weighted by molar-refractivity contribution is 5.97. The van der Waals surface area contributed by atoms with Crippen molar-refractivity contribution in [1.29, 1.82) is 0 Å². The smallest absolute Gasteiger partial charge is 0.270 e. The normalized spacial score (nSPS) is 20.9. The van der Waals surface area contributed by atoms with Gasteiger partial charge in [0.15, 0.2) is 0 Å². The molecular formula is C40H71N9O. The first-order valence-electron chi connectivity index (χ1n) is 19.4. The standard InChI is InChI=1S/C30H41N9O.C3H8.3C2H6.CH4/c1-36(2)28(40)25-15-22-18-32-29(35-27(22)39(25)23-5-3-4-6-23)34-26-8-7-24(19-31-26)38-13-11-37(12-14-38)20-21-16-30(17-21)9-10-33-30;1-3-2;3*1-2;/h7-8,15,18-19,21,23,33H,3-6,9-14,16-17,20H2,1-2H3,(H,31,32,34,35);3H2,1-2H3;3*1-2H3;1H4. The van der Waals surface area contributed by atoms with Crippen molar-refractivity contribution in [3.05, 3.63) is 36.3 Å². The summed E-state index contributed by atoms with van der Waals surface area (Å²) >= 11 is 0. The summed E-state index contributed by atoms with van der Waals surface area (Å²) in [5.74, 6) is 2.08. The fourth-order valence-corrected chi connectivity index (χ4v) is 7.31. The van der Waals surface area contributed by atoms with Gasteiger partial charge in [0.1, 0.15) is 17.2 Å². The number of nitrogens with zero attached hydrogens (tertiary/aromatic N) is 7. The maximum Gasteiger partial charge on any atom is 0.270 e. The Kier molecular flexibility index (Phi) is 18.2. The van der Waals surface area contributed by atoms with Crippen LogP contribution in [-0.4, -0.2) is 94.1 Å². The molecule has 4 fully saturated rings. The zero-order valence-corrected chi connectivity index (χ0v) is 32.5. The van der Waals surface area contributed by atoms with Crippen LogP contribution in [0.5, 0.6) is 0 Å². The van der Waals surface area contributed by atoms with Gasteiger partial charge in [-0.1, -0.05) is 82.1 Å². The Morgan fingerprint density at radius 2 is 1.58 bits per heavy atom. The van der Waals surface area contributed by atoms with Gasteiger partial charge in [0.2, 0.25) is 5.95 Å². The lowest BCUT2D eigenvalue weighted by Crippen LogP contribution is -2.65. The molecule has 0 radical (unpaired) electrons. The molecule has 3 aromatic rings. The molecule has 3 aromatic heterocycles. The molecule has 2 aliphatic carbocycles. The molecule has 0 unspecified atom stereocenters. The van der Waals surface area contributed by atoms with Gasteiger partial charge < -0.3 is 25.0 Å². The van der Waals surface area contributed by atoms with E-state index in [9.17, 15) is 4.79 Å². The van der Waals surface area contributed by atoms with Gasteiger partial charge in [0.25, 0.3) is 5.91 Å². The fourth-order valence-electron chi connectivity index (χ4n) is 7.31. The summed E-state index contributed by atoms with van der Waals surface area (Å²) in [6.45, 7) is 23.0. The van der Waals surface area contributed by atoms with Gasteiger partial charge in [-0.3, -0.25) is 9.69 Å². The lowest BCUT2D eigenvalue weighted by molar-refractivity contribution is 0.0183. The summed E-state index contributed by atoms with van der Waals surface area (Å²) in [6, 6.07) is 6.37. The Morgan fingerprint density at radius 3 is 2.10 bits per heavy atom. The van der Waals surface area contributed by atoms with Crippen molar-refractivity contribution in [2.24, 2.45) is 5.92 Å². The maximum atomic E-state index is 13.0. The van der Waals surface area contributed by atoms with E-state index in [-0.39, 0.29) is 13.3 Å². The molecule has 50 heavy (non-hydrogen) atoms. The molecule has 2 saturated heterocycles. The second-order valence-corrected chi connectivity index (χ2v) is 13.3. The van der Waals surface area contributed by atoms with E-state index in [2.05, 4.69) is 54.9 Å². The van der Waals surface area contributed by atoms with Gasteiger partial charge in [-0.15, -0.1) is 0 Å². The van der Waals surface area contributed by atoms with Gasteiger partial charge in [0.05, 0.1) is 11.9 Å². The largest absolute Gasteiger partial charge is 0.368 e. The first-order chi connectivity index (χ1) is 23.9. The minimum Gasteiger partial charge on any atom is -0.368 e. The van der Waals surface area contributed by atoms with Gasteiger partial charge in [-0.05, 0) is 62.8 Å². The van der Waals surface area contributed by atoms with Gasteiger partial charge in [-0.25, -0.2) is 9.97 Å². The summed E-state index contributed by atoms with van der Waals surface area (Å²) in [5, 5.41) is 7.82. The molecule has 1 spiro atoms. The van der Waals surface area contributed by atoms with Crippen LogP contribution in [0.4, 0.5) is 17.5 Å². The summed E-state index contributed by atoms with van der Waals surface area (Å²) in [7, 11) is 3.59. The van der Waals surface area contributed by atoms with Crippen LogP contribution in [0.3, 0.4) is 0 Å². The van der Waals surface area contributed by atoms with Crippen molar-refractivity contribution in [2.45, 2.75) is 126 Å². The quantitative estimate of drug-likeness (QED) is 0.254. The summed E-state index contributed by atoms with van der Waals surface area (Å²) < 4.78 is 2.14.